The zero-order valence-electron chi connectivity index (χ0n) is 20.0. The van der Waals surface area contributed by atoms with Crippen LogP contribution >= 0.6 is 0 Å². The van der Waals surface area contributed by atoms with E-state index < -0.39 is 0 Å². The third-order valence-electron chi connectivity index (χ3n) is 6.30. The lowest BCUT2D eigenvalue weighted by Gasteiger charge is -2.34. The van der Waals surface area contributed by atoms with E-state index in [1.165, 1.54) is 12.8 Å². The molecule has 2 heterocycles. The standard InChI is InChI=1S/C27H32N6O2/c1-19-18-35-14-13-33(19)25-15-24(17-28-16-20-7-8-20)29-26(32-25)21-9-11-23(12-10-21)31-27(34)30-22-5-3-2-4-6-22/h2-6,9-12,15,19-20,28H,7-8,13-14,16-18H2,1H3,(H2,30,31,34)/t19-/m0/s1. The predicted molar refractivity (Wildman–Crippen MR) is 139 cm³/mol. The first-order chi connectivity index (χ1) is 17.1. The summed E-state index contributed by atoms with van der Waals surface area (Å²) in [6, 6.07) is 19.1. The Morgan fingerprint density at radius 2 is 1.77 bits per heavy atom. The molecule has 1 saturated heterocycles. The molecule has 2 aliphatic rings. The maximum absolute atomic E-state index is 12.3. The Bertz CT molecular complexity index is 1130. The van der Waals surface area contributed by atoms with Crippen LogP contribution in [0.25, 0.3) is 11.4 Å². The van der Waals surface area contributed by atoms with Gasteiger partial charge in [-0.15, -0.1) is 0 Å². The number of benzene rings is 2. The van der Waals surface area contributed by atoms with Crippen LogP contribution in [0.2, 0.25) is 0 Å². The number of hydrogen-bond acceptors (Lipinski definition) is 6. The number of aromatic nitrogens is 2. The summed E-state index contributed by atoms with van der Waals surface area (Å²) in [6.45, 7) is 6.12. The van der Waals surface area contributed by atoms with Gasteiger partial charge in [0.25, 0.3) is 0 Å². The molecule has 1 saturated carbocycles. The summed E-state index contributed by atoms with van der Waals surface area (Å²) in [4.78, 5) is 24.4. The normalized spacial score (nSPS) is 17.7. The van der Waals surface area contributed by atoms with Gasteiger partial charge in [0.2, 0.25) is 0 Å². The van der Waals surface area contributed by atoms with E-state index in [-0.39, 0.29) is 12.1 Å². The van der Waals surface area contributed by atoms with Gasteiger partial charge in [0.15, 0.2) is 5.82 Å². The molecule has 3 aromatic rings. The maximum atomic E-state index is 12.3. The first-order valence-electron chi connectivity index (χ1n) is 12.3. The average Bonchev–Trinajstić information content (AvgIpc) is 3.70. The van der Waals surface area contributed by atoms with Crippen LogP contribution in [-0.2, 0) is 11.3 Å². The molecule has 182 valence electrons. The van der Waals surface area contributed by atoms with Gasteiger partial charge in [-0.1, -0.05) is 18.2 Å². The van der Waals surface area contributed by atoms with Crippen molar-refractivity contribution >= 4 is 23.2 Å². The molecular formula is C27H32N6O2. The number of urea groups is 1. The molecule has 0 spiro atoms. The minimum absolute atomic E-state index is 0.258. The van der Waals surface area contributed by atoms with Crippen molar-refractivity contribution in [3.05, 3.63) is 66.4 Å². The molecule has 2 fully saturated rings. The first kappa shape index (κ1) is 23.3. The van der Waals surface area contributed by atoms with Crippen LogP contribution in [0.15, 0.2) is 60.7 Å². The Hall–Kier alpha value is -3.49. The summed E-state index contributed by atoms with van der Waals surface area (Å²) in [5.74, 6) is 2.43. The summed E-state index contributed by atoms with van der Waals surface area (Å²) < 4.78 is 5.62. The van der Waals surface area contributed by atoms with Gasteiger partial charge < -0.3 is 25.6 Å². The molecule has 1 atom stereocenters. The second kappa shape index (κ2) is 10.8. The van der Waals surface area contributed by atoms with Gasteiger partial charge in [0.1, 0.15) is 5.82 Å². The molecule has 3 N–H and O–H groups in total. The number of ether oxygens (including phenoxy) is 1. The van der Waals surface area contributed by atoms with Crippen LogP contribution < -0.4 is 20.9 Å². The molecule has 35 heavy (non-hydrogen) atoms. The molecule has 2 amide bonds. The van der Waals surface area contributed by atoms with E-state index in [2.05, 4.69) is 33.8 Å². The number of hydrogen-bond donors (Lipinski definition) is 3. The van der Waals surface area contributed by atoms with E-state index in [0.29, 0.717) is 24.7 Å². The van der Waals surface area contributed by atoms with Crippen molar-refractivity contribution in [1.29, 1.82) is 0 Å². The molecule has 1 aliphatic heterocycles. The highest BCUT2D eigenvalue weighted by Gasteiger charge is 2.23. The lowest BCUT2D eigenvalue weighted by Crippen LogP contribution is -2.44. The summed E-state index contributed by atoms with van der Waals surface area (Å²) in [6.07, 6.45) is 2.64. The van der Waals surface area contributed by atoms with Crippen molar-refractivity contribution in [2.75, 3.05) is 41.8 Å². The van der Waals surface area contributed by atoms with E-state index in [1.807, 2.05) is 54.6 Å². The average molecular weight is 473 g/mol. The van der Waals surface area contributed by atoms with Gasteiger partial charge in [-0.05, 0) is 68.6 Å². The molecule has 0 bridgehead atoms. The molecule has 8 nitrogen and oxygen atoms in total. The quantitative estimate of drug-likeness (QED) is 0.447. The van der Waals surface area contributed by atoms with Crippen molar-refractivity contribution in [2.45, 2.75) is 32.4 Å². The van der Waals surface area contributed by atoms with E-state index in [4.69, 9.17) is 14.7 Å². The summed E-state index contributed by atoms with van der Waals surface area (Å²) in [5, 5.41) is 9.24. The molecule has 1 aliphatic carbocycles. The van der Waals surface area contributed by atoms with Crippen LogP contribution in [0.5, 0.6) is 0 Å². The van der Waals surface area contributed by atoms with Crippen molar-refractivity contribution in [3.8, 4) is 11.4 Å². The third kappa shape index (κ3) is 6.35. The van der Waals surface area contributed by atoms with Gasteiger partial charge >= 0.3 is 6.03 Å². The Labute approximate surface area is 206 Å². The van der Waals surface area contributed by atoms with Crippen LogP contribution in [0.3, 0.4) is 0 Å². The minimum atomic E-state index is -0.285. The van der Waals surface area contributed by atoms with Gasteiger partial charge in [-0.2, -0.15) is 0 Å². The summed E-state index contributed by atoms with van der Waals surface area (Å²) in [7, 11) is 0. The number of carbonyl (C=O) groups is 1. The zero-order valence-corrected chi connectivity index (χ0v) is 20.0. The van der Waals surface area contributed by atoms with E-state index in [9.17, 15) is 4.79 Å². The Morgan fingerprint density at radius 1 is 1.03 bits per heavy atom. The molecule has 0 radical (unpaired) electrons. The zero-order chi connectivity index (χ0) is 24.0. The number of morpholine rings is 1. The molecule has 1 aromatic heterocycles. The Kier molecular flexibility index (Phi) is 7.20. The van der Waals surface area contributed by atoms with Crippen molar-refractivity contribution in [2.24, 2.45) is 5.92 Å². The van der Waals surface area contributed by atoms with Gasteiger partial charge in [0, 0.05) is 36.1 Å². The van der Waals surface area contributed by atoms with E-state index in [1.54, 1.807) is 0 Å². The lowest BCUT2D eigenvalue weighted by molar-refractivity contribution is 0.0985. The van der Waals surface area contributed by atoms with E-state index >= 15 is 0 Å². The fraction of sp³-hybridized carbons (Fsp3) is 0.370. The highest BCUT2D eigenvalue weighted by atomic mass is 16.5. The molecule has 8 heteroatoms. The second-order valence-electron chi connectivity index (χ2n) is 9.26. The van der Waals surface area contributed by atoms with Crippen LogP contribution in [0, 0.1) is 5.92 Å². The monoisotopic (exact) mass is 472 g/mol. The molecule has 2 aromatic carbocycles. The largest absolute Gasteiger partial charge is 0.377 e. The van der Waals surface area contributed by atoms with Crippen molar-refractivity contribution < 1.29 is 9.53 Å². The number of carbonyl (C=O) groups excluding carboxylic acids is 1. The second-order valence-corrected chi connectivity index (χ2v) is 9.26. The number of rotatable bonds is 8. The van der Waals surface area contributed by atoms with Crippen LogP contribution in [0.1, 0.15) is 25.5 Å². The van der Waals surface area contributed by atoms with E-state index in [0.717, 1.165) is 48.3 Å². The predicted octanol–water partition coefficient (Wildman–Crippen LogP) is 4.51. The third-order valence-corrected chi connectivity index (χ3v) is 6.30. The Balaban J connectivity index is 1.32. The molecule has 5 rings (SSSR count). The maximum Gasteiger partial charge on any atom is 0.323 e. The molecule has 0 unspecified atom stereocenters. The first-order valence-corrected chi connectivity index (χ1v) is 12.3. The van der Waals surface area contributed by atoms with Gasteiger partial charge in [-0.3, -0.25) is 0 Å². The van der Waals surface area contributed by atoms with Crippen LogP contribution in [-0.4, -0.2) is 48.3 Å². The number of anilines is 3. The Morgan fingerprint density at radius 3 is 2.49 bits per heavy atom. The fourth-order valence-corrected chi connectivity index (χ4v) is 4.16. The fourth-order valence-electron chi connectivity index (χ4n) is 4.16. The SMILES string of the molecule is C[C@H]1COCCN1c1cc(CNCC2CC2)nc(-c2ccc(NC(=O)Nc3ccccc3)cc2)n1. The lowest BCUT2D eigenvalue weighted by atomic mass is 10.1. The summed E-state index contributed by atoms with van der Waals surface area (Å²) in [5.41, 5.74) is 3.33. The molecular weight excluding hydrogens is 440 g/mol. The smallest absolute Gasteiger partial charge is 0.323 e. The highest BCUT2D eigenvalue weighted by Crippen LogP contribution is 2.28. The topological polar surface area (TPSA) is 91.4 Å². The van der Waals surface area contributed by atoms with Gasteiger partial charge in [0.05, 0.1) is 24.9 Å². The number of amides is 2. The number of nitrogens with zero attached hydrogens (tertiary/aromatic N) is 3. The number of para-hydroxylation sites is 1. The van der Waals surface area contributed by atoms with Crippen molar-refractivity contribution in [1.82, 2.24) is 15.3 Å². The minimum Gasteiger partial charge on any atom is -0.377 e. The summed E-state index contributed by atoms with van der Waals surface area (Å²) >= 11 is 0. The highest BCUT2D eigenvalue weighted by molar-refractivity contribution is 5.99. The number of nitrogens with one attached hydrogen (secondary N) is 3. The van der Waals surface area contributed by atoms with Crippen LogP contribution in [0.4, 0.5) is 22.0 Å². The van der Waals surface area contributed by atoms with Gasteiger partial charge in [-0.25, -0.2) is 14.8 Å². The van der Waals surface area contributed by atoms with Crippen molar-refractivity contribution in [3.63, 3.8) is 0 Å².